The Hall–Kier alpha value is -0.970. The predicted octanol–water partition coefficient (Wildman–Crippen LogP) is 3.60. The highest BCUT2D eigenvalue weighted by Crippen LogP contribution is 2.27. The van der Waals surface area contributed by atoms with E-state index in [2.05, 4.69) is 4.98 Å². The van der Waals surface area contributed by atoms with E-state index in [9.17, 15) is 13.2 Å². The van der Waals surface area contributed by atoms with Crippen LogP contribution in [0, 0.1) is 0 Å². The molecule has 1 aromatic heterocycles. The van der Waals surface area contributed by atoms with Gasteiger partial charge in [-0.15, -0.1) is 11.6 Å². The Morgan fingerprint density at radius 1 is 1.41 bits per heavy atom. The number of alkyl halides is 4. The van der Waals surface area contributed by atoms with Crippen molar-refractivity contribution in [3.63, 3.8) is 0 Å². The van der Waals surface area contributed by atoms with Crippen LogP contribution in [-0.2, 0) is 5.88 Å². The lowest BCUT2D eigenvalue weighted by molar-refractivity contribution is -0.120. The van der Waals surface area contributed by atoms with Crippen molar-refractivity contribution in [2.75, 3.05) is 11.4 Å². The molecule has 17 heavy (non-hydrogen) atoms. The molecular weight excluding hydrogens is 253 g/mol. The summed E-state index contributed by atoms with van der Waals surface area (Å²) in [5.74, 6) is 0.143. The summed E-state index contributed by atoms with van der Waals surface area (Å²) in [7, 11) is 0. The van der Waals surface area contributed by atoms with E-state index < -0.39 is 12.7 Å². The van der Waals surface area contributed by atoms with Gasteiger partial charge >= 0.3 is 6.18 Å². The predicted molar refractivity (Wildman–Crippen MR) is 62.3 cm³/mol. The van der Waals surface area contributed by atoms with E-state index in [0.717, 1.165) is 0 Å². The van der Waals surface area contributed by atoms with Crippen LogP contribution in [0.5, 0.6) is 0 Å². The molecule has 96 valence electrons. The van der Waals surface area contributed by atoms with Crippen molar-refractivity contribution in [1.82, 2.24) is 4.98 Å². The number of anilines is 1. The molecule has 0 bridgehead atoms. The third-order valence-corrected chi connectivity index (χ3v) is 2.59. The van der Waals surface area contributed by atoms with Gasteiger partial charge in [0.2, 0.25) is 0 Å². The molecule has 0 atom stereocenters. The number of hydrogen-bond donors (Lipinski definition) is 0. The zero-order chi connectivity index (χ0) is 13.1. The standard InChI is InChI=1S/C11H14ClF3N2/c1-8(2)17(7-11(13,14)15)10-3-4-16-6-9(10)5-12/h3-4,6,8H,5,7H2,1-2H3. The molecule has 1 rings (SSSR count). The van der Waals surface area contributed by atoms with E-state index in [1.54, 1.807) is 19.9 Å². The van der Waals surface area contributed by atoms with E-state index in [4.69, 9.17) is 11.6 Å². The summed E-state index contributed by atoms with van der Waals surface area (Å²) in [5, 5.41) is 0. The van der Waals surface area contributed by atoms with Gasteiger partial charge in [0.25, 0.3) is 0 Å². The first kappa shape index (κ1) is 14.1. The van der Waals surface area contributed by atoms with Gasteiger partial charge < -0.3 is 4.90 Å². The third-order valence-electron chi connectivity index (χ3n) is 2.30. The van der Waals surface area contributed by atoms with Gasteiger partial charge in [0.1, 0.15) is 6.54 Å². The molecule has 0 aliphatic carbocycles. The molecule has 2 nitrogen and oxygen atoms in total. The molecule has 0 aromatic carbocycles. The highest BCUT2D eigenvalue weighted by Gasteiger charge is 2.32. The van der Waals surface area contributed by atoms with Crippen LogP contribution in [0.25, 0.3) is 0 Å². The van der Waals surface area contributed by atoms with Crippen LogP contribution < -0.4 is 4.90 Å². The zero-order valence-electron chi connectivity index (χ0n) is 9.63. The lowest BCUT2D eigenvalue weighted by atomic mass is 10.2. The molecule has 0 saturated carbocycles. The molecule has 0 fully saturated rings. The molecule has 0 aliphatic rings. The zero-order valence-corrected chi connectivity index (χ0v) is 10.4. The van der Waals surface area contributed by atoms with Crippen molar-refractivity contribution < 1.29 is 13.2 Å². The Bertz CT molecular complexity index is 366. The number of halogens is 4. The number of rotatable bonds is 4. The molecule has 0 aliphatic heterocycles. The topological polar surface area (TPSA) is 16.1 Å². The lowest BCUT2D eigenvalue weighted by Gasteiger charge is -2.31. The average Bonchev–Trinajstić information content (AvgIpc) is 2.24. The summed E-state index contributed by atoms with van der Waals surface area (Å²) in [6.07, 6.45) is -1.28. The minimum Gasteiger partial charge on any atom is -0.360 e. The molecule has 6 heteroatoms. The SMILES string of the molecule is CC(C)N(CC(F)(F)F)c1ccncc1CCl. The second-order valence-corrected chi connectivity index (χ2v) is 4.24. The largest absolute Gasteiger partial charge is 0.405 e. The van der Waals surface area contributed by atoms with E-state index >= 15 is 0 Å². The maximum Gasteiger partial charge on any atom is 0.405 e. The molecule has 0 amide bonds. The Morgan fingerprint density at radius 3 is 2.53 bits per heavy atom. The van der Waals surface area contributed by atoms with Crippen LogP contribution in [0.1, 0.15) is 19.4 Å². The summed E-state index contributed by atoms with van der Waals surface area (Å²) in [4.78, 5) is 5.14. The van der Waals surface area contributed by atoms with Crippen LogP contribution in [-0.4, -0.2) is 23.7 Å². The van der Waals surface area contributed by atoms with E-state index in [1.807, 2.05) is 0 Å². The molecule has 1 heterocycles. The highest BCUT2D eigenvalue weighted by molar-refractivity contribution is 6.17. The Kier molecular flexibility index (Phi) is 4.62. The monoisotopic (exact) mass is 266 g/mol. The van der Waals surface area contributed by atoms with E-state index in [1.165, 1.54) is 17.3 Å². The first-order chi connectivity index (χ1) is 7.85. The van der Waals surface area contributed by atoms with Gasteiger partial charge in [-0.1, -0.05) is 0 Å². The summed E-state index contributed by atoms with van der Waals surface area (Å²) >= 11 is 5.70. The highest BCUT2D eigenvalue weighted by atomic mass is 35.5. The van der Waals surface area contributed by atoms with E-state index in [0.29, 0.717) is 11.3 Å². The minimum absolute atomic E-state index is 0.143. The third kappa shape index (κ3) is 4.07. The van der Waals surface area contributed by atoms with Gasteiger partial charge in [0.05, 0.1) is 5.88 Å². The van der Waals surface area contributed by atoms with Gasteiger partial charge in [-0.3, -0.25) is 4.98 Å². The molecular formula is C11H14ClF3N2. The fraction of sp³-hybridized carbons (Fsp3) is 0.545. The molecule has 0 unspecified atom stereocenters. The number of nitrogens with zero attached hydrogens (tertiary/aromatic N) is 2. The molecule has 0 saturated heterocycles. The Labute approximate surface area is 103 Å². The number of pyridine rings is 1. The van der Waals surface area contributed by atoms with Gasteiger partial charge in [0.15, 0.2) is 0 Å². The quantitative estimate of drug-likeness (QED) is 0.774. The second kappa shape index (κ2) is 5.58. The van der Waals surface area contributed by atoms with Crippen LogP contribution in [0.2, 0.25) is 0 Å². The summed E-state index contributed by atoms with van der Waals surface area (Å²) in [5.41, 5.74) is 1.09. The fourth-order valence-corrected chi connectivity index (χ4v) is 1.75. The van der Waals surface area contributed by atoms with Crippen molar-refractivity contribution in [3.8, 4) is 0 Å². The van der Waals surface area contributed by atoms with Crippen LogP contribution >= 0.6 is 11.6 Å². The Morgan fingerprint density at radius 2 is 2.06 bits per heavy atom. The van der Waals surface area contributed by atoms with Crippen LogP contribution in [0.3, 0.4) is 0 Å². The van der Waals surface area contributed by atoms with Gasteiger partial charge in [-0.25, -0.2) is 0 Å². The van der Waals surface area contributed by atoms with Crippen molar-refractivity contribution in [2.24, 2.45) is 0 Å². The van der Waals surface area contributed by atoms with Crippen molar-refractivity contribution >= 4 is 17.3 Å². The maximum absolute atomic E-state index is 12.5. The smallest absolute Gasteiger partial charge is 0.360 e. The van der Waals surface area contributed by atoms with Crippen LogP contribution in [0.15, 0.2) is 18.5 Å². The first-order valence-electron chi connectivity index (χ1n) is 5.17. The fourth-order valence-electron chi connectivity index (χ4n) is 1.54. The van der Waals surface area contributed by atoms with Crippen molar-refractivity contribution in [3.05, 3.63) is 24.0 Å². The first-order valence-corrected chi connectivity index (χ1v) is 5.71. The van der Waals surface area contributed by atoms with Gasteiger partial charge in [-0.2, -0.15) is 13.2 Å². The summed E-state index contributed by atoms with van der Waals surface area (Å²) in [6, 6.07) is 1.30. The normalized spacial score (nSPS) is 11.9. The van der Waals surface area contributed by atoms with Crippen LogP contribution in [0.4, 0.5) is 18.9 Å². The molecule has 0 N–H and O–H groups in total. The average molecular weight is 267 g/mol. The van der Waals surface area contributed by atoms with Gasteiger partial charge in [0, 0.05) is 29.7 Å². The molecule has 1 aromatic rings. The van der Waals surface area contributed by atoms with E-state index in [-0.39, 0.29) is 11.9 Å². The Balaban J connectivity index is 3.05. The number of aromatic nitrogens is 1. The summed E-state index contributed by atoms with van der Waals surface area (Å²) < 4.78 is 37.5. The lowest BCUT2D eigenvalue weighted by Crippen LogP contribution is -2.39. The number of hydrogen-bond acceptors (Lipinski definition) is 2. The maximum atomic E-state index is 12.5. The summed E-state index contributed by atoms with van der Waals surface area (Å²) in [6.45, 7) is 2.44. The van der Waals surface area contributed by atoms with Crippen molar-refractivity contribution in [1.29, 1.82) is 0 Å². The molecule has 0 radical (unpaired) electrons. The van der Waals surface area contributed by atoms with Gasteiger partial charge in [-0.05, 0) is 19.9 Å². The second-order valence-electron chi connectivity index (χ2n) is 3.97. The van der Waals surface area contributed by atoms with Crippen molar-refractivity contribution in [2.45, 2.75) is 31.9 Å². The molecule has 0 spiro atoms. The minimum atomic E-state index is -4.24.